The Labute approximate surface area is 100 Å². The minimum atomic E-state index is -0.00695. The van der Waals surface area contributed by atoms with Crippen LogP contribution < -0.4 is 5.32 Å². The molecule has 0 aliphatic heterocycles. The molecule has 0 bridgehead atoms. The molecule has 88 valence electrons. The van der Waals surface area contributed by atoms with Gasteiger partial charge in [0.25, 0.3) is 0 Å². The van der Waals surface area contributed by atoms with Crippen molar-refractivity contribution in [3.05, 3.63) is 48.3 Å². The number of nitrogens with one attached hydrogen (secondary N) is 1. The van der Waals surface area contributed by atoms with Gasteiger partial charge in [0, 0.05) is 26.1 Å². The molecule has 17 heavy (non-hydrogen) atoms. The average Bonchev–Trinajstić information content (AvgIpc) is 2.78. The quantitative estimate of drug-likeness (QED) is 0.864. The number of rotatable bonds is 4. The molecule has 4 nitrogen and oxygen atoms in total. The highest BCUT2D eigenvalue weighted by Crippen LogP contribution is 2.06. The van der Waals surface area contributed by atoms with Crippen LogP contribution in [-0.2, 0) is 11.2 Å². The number of nitrogens with zero attached hydrogens (tertiary/aromatic N) is 2. The molecule has 1 heterocycles. The summed E-state index contributed by atoms with van der Waals surface area (Å²) in [6.45, 7) is 2.14. The number of amides is 1. The molecule has 0 aliphatic rings. The van der Waals surface area contributed by atoms with Crippen LogP contribution in [0.15, 0.2) is 42.6 Å². The number of carbonyl (C=O) groups excluding carboxylic acids is 1. The van der Waals surface area contributed by atoms with Crippen molar-refractivity contribution in [3.8, 4) is 5.69 Å². The second-order valence-electron chi connectivity index (χ2n) is 3.82. The van der Waals surface area contributed by atoms with Crippen molar-refractivity contribution < 1.29 is 4.79 Å². The van der Waals surface area contributed by atoms with Gasteiger partial charge in [0.15, 0.2) is 0 Å². The molecule has 0 fully saturated rings. The van der Waals surface area contributed by atoms with Crippen molar-refractivity contribution in [1.29, 1.82) is 0 Å². The summed E-state index contributed by atoms with van der Waals surface area (Å²) in [5.41, 5.74) is 2.01. The first-order valence-corrected chi connectivity index (χ1v) is 5.60. The molecule has 0 unspecified atom stereocenters. The Bertz CT molecular complexity index is 490. The standard InChI is InChI=1S/C13H15N3O/c1-11(17)14-9-7-12-8-10-16(15-12)13-5-3-2-4-6-13/h2-6,8,10H,7,9H2,1H3,(H,14,17). The van der Waals surface area contributed by atoms with Gasteiger partial charge < -0.3 is 5.32 Å². The van der Waals surface area contributed by atoms with Gasteiger partial charge in [-0.15, -0.1) is 0 Å². The maximum Gasteiger partial charge on any atom is 0.216 e. The Kier molecular flexibility index (Phi) is 3.55. The van der Waals surface area contributed by atoms with Gasteiger partial charge in [0.1, 0.15) is 0 Å². The third kappa shape index (κ3) is 3.17. The van der Waals surface area contributed by atoms with Crippen LogP contribution in [0.4, 0.5) is 0 Å². The van der Waals surface area contributed by atoms with Crippen LogP contribution in [0.1, 0.15) is 12.6 Å². The van der Waals surface area contributed by atoms with Crippen molar-refractivity contribution in [1.82, 2.24) is 15.1 Å². The molecule has 1 aromatic carbocycles. The molecule has 0 aliphatic carbocycles. The van der Waals surface area contributed by atoms with Crippen molar-refractivity contribution in [3.63, 3.8) is 0 Å². The lowest BCUT2D eigenvalue weighted by Gasteiger charge is -2.00. The first kappa shape index (κ1) is 11.4. The Morgan fingerprint density at radius 3 is 2.76 bits per heavy atom. The Morgan fingerprint density at radius 1 is 1.29 bits per heavy atom. The van der Waals surface area contributed by atoms with Crippen LogP contribution in [0.25, 0.3) is 5.69 Å². The molecule has 0 spiro atoms. The average molecular weight is 229 g/mol. The number of carbonyl (C=O) groups is 1. The Morgan fingerprint density at radius 2 is 2.06 bits per heavy atom. The fraction of sp³-hybridized carbons (Fsp3) is 0.231. The van der Waals surface area contributed by atoms with Crippen LogP contribution in [0.3, 0.4) is 0 Å². The van der Waals surface area contributed by atoms with Crippen LogP contribution in [-0.4, -0.2) is 22.2 Å². The summed E-state index contributed by atoms with van der Waals surface area (Å²) in [6, 6.07) is 11.9. The van der Waals surface area contributed by atoms with Crippen LogP contribution in [0, 0.1) is 0 Å². The summed E-state index contributed by atoms with van der Waals surface area (Å²) >= 11 is 0. The van der Waals surface area contributed by atoms with Gasteiger partial charge in [-0.25, -0.2) is 4.68 Å². The van der Waals surface area contributed by atoms with E-state index in [1.54, 1.807) is 0 Å². The van der Waals surface area contributed by atoms with Gasteiger partial charge in [-0.05, 0) is 18.2 Å². The lowest BCUT2D eigenvalue weighted by atomic mass is 10.3. The highest BCUT2D eigenvalue weighted by Gasteiger charge is 2.00. The number of para-hydroxylation sites is 1. The molecule has 2 rings (SSSR count). The van der Waals surface area contributed by atoms with Gasteiger partial charge in [0.05, 0.1) is 11.4 Å². The predicted octanol–water partition coefficient (Wildman–Crippen LogP) is 1.55. The van der Waals surface area contributed by atoms with Gasteiger partial charge in [-0.2, -0.15) is 5.10 Å². The number of benzene rings is 1. The van der Waals surface area contributed by atoms with Crippen LogP contribution in [0.5, 0.6) is 0 Å². The third-order valence-electron chi connectivity index (χ3n) is 2.42. The second-order valence-corrected chi connectivity index (χ2v) is 3.82. The van der Waals surface area contributed by atoms with Gasteiger partial charge >= 0.3 is 0 Å². The molecule has 1 N–H and O–H groups in total. The van der Waals surface area contributed by atoms with E-state index in [1.165, 1.54) is 6.92 Å². The minimum Gasteiger partial charge on any atom is -0.356 e. The summed E-state index contributed by atoms with van der Waals surface area (Å²) in [5, 5.41) is 7.20. The summed E-state index contributed by atoms with van der Waals surface area (Å²) in [7, 11) is 0. The zero-order valence-electron chi connectivity index (χ0n) is 9.76. The van der Waals surface area contributed by atoms with E-state index in [0.717, 1.165) is 17.8 Å². The molecule has 0 saturated heterocycles. The fourth-order valence-electron chi connectivity index (χ4n) is 1.59. The molecular weight excluding hydrogens is 214 g/mol. The smallest absolute Gasteiger partial charge is 0.216 e. The molecule has 1 amide bonds. The van der Waals surface area contributed by atoms with Crippen LogP contribution >= 0.6 is 0 Å². The van der Waals surface area contributed by atoms with Crippen molar-refractivity contribution in [2.75, 3.05) is 6.54 Å². The lowest BCUT2D eigenvalue weighted by molar-refractivity contribution is -0.118. The molecule has 4 heteroatoms. The molecule has 0 saturated carbocycles. The van der Waals surface area contributed by atoms with Crippen molar-refractivity contribution in [2.45, 2.75) is 13.3 Å². The molecular formula is C13H15N3O. The maximum absolute atomic E-state index is 10.7. The Hall–Kier alpha value is -2.10. The summed E-state index contributed by atoms with van der Waals surface area (Å²) in [5.74, 6) is -0.00695. The topological polar surface area (TPSA) is 46.9 Å². The minimum absolute atomic E-state index is 0.00695. The highest BCUT2D eigenvalue weighted by atomic mass is 16.1. The number of hydrogen-bond donors (Lipinski definition) is 1. The Balaban J connectivity index is 1.99. The molecule has 1 aromatic heterocycles. The number of aromatic nitrogens is 2. The van der Waals surface area contributed by atoms with E-state index < -0.39 is 0 Å². The van der Waals surface area contributed by atoms with E-state index in [4.69, 9.17) is 0 Å². The highest BCUT2D eigenvalue weighted by molar-refractivity contribution is 5.72. The maximum atomic E-state index is 10.7. The van der Waals surface area contributed by atoms with E-state index >= 15 is 0 Å². The fourth-order valence-corrected chi connectivity index (χ4v) is 1.59. The van der Waals surface area contributed by atoms with E-state index in [9.17, 15) is 4.79 Å². The van der Waals surface area contributed by atoms with E-state index in [0.29, 0.717) is 6.54 Å². The predicted molar refractivity (Wildman–Crippen MR) is 66.0 cm³/mol. The van der Waals surface area contributed by atoms with Crippen LogP contribution in [0.2, 0.25) is 0 Å². The summed E-state index contributed by atoms with van der Waals surface area (Å²) in [6.07, 6.45) is 2.68. The second kappa shape index (κ2) is 5.30. The first-order valence-electron chi connectivity index (χ1n) is 5.60. The summed E-state index contributed by atoms with van der Waals surface area (Å²) < 4.78 is 1.84. The lowest BCUT2D eigenvalue weighted by Crippen LogP contribution is -2.22. The first-order chi connectivity index (χ1) is 8.25. The molecule has 0 atom stereocenters. The van der Waals surface area contributed by atoms with E-state index in [2.05, 4.69) is 10.4 Å². The molecule has 0 radical (unpaired) electrons. The summed E-state index contributed by atoms with van der Waals surface area (Å²) in [4.78, 5) is 10.7. The van der Waals surface area contributed by atoms with Gasteiger partial charge in [-0.3, -0.25) is 4.79 Å². The van der Waals surface area contributed by atoms with Gasteiger partial charge in [0.2, 0.25) is 5.91 Å². The zero-order valence-corrected chi connectivity index (χ0v) is 9.76. The van der Waals surface area contributed by atoms with E-state index in [1.807, 2.05) is 47.3 Å². The monoisotopic (exact) mass is 229 g/mol. The number of hydrogen-bond acceptors (Lipinski definition) is 2. The molecule has 2 aromatic rings. The third-order valence-corrected chi connectivity index (χ3v) is 2.42. The van der Waals surface area contributed by atoms with Crippen molar-refractivity contribution in [2.24, 2.45) is 0 Å². The SMILES string of the molecule is CC(=O)NCCc1ccn(-c2ccccc2)n1. The van der Waals surface area contributed by atoms with Crippen molar-refractivity contribution >= 4 is 5.91 Å². The van der Waals surface area contributed by atoms with Gasteiger partial charge in [-0.1, -0.05) is 18.2 Å². The largest absolute Gasteiger partial charge is 0.356 e. The zero-order chi connectivity index (χ0) is 12.1. The normalized spacial score (nSPS) is 10.2. The van der Waals surface area contributed by atoms with E-state index in [-0.39, 0.29) is 5.91 Å².